The highest BCUT2D eigenvalue weighted by Crippen LogP contribution is 2.44. The molecule has 0 radical (unpaired) electrons. The van der Waals surface area contributed by atoms with E-state index in [1.807, 2.05) is 6.08 Å². The minimum atomic E-state index is -0.720. The summed E-state index contributed by atoms with van der Waals surface area (Å²) in [6.45, 7) is 2.59. The van der Waals surface area contributed by atoms with Crippen LogP contribution in [0, 0.1) is 23.5 Å². The normalized spacial score (nSPS) is 36.0. The van der Waals surface area contributed by atoms with Crippen LogP contribution in [0.25, 0.3) is 0 Å². The molecule has 1 saturated carbocycles. The Morgan fingerprint density at radius 2 is 1.74 bits per heavy atom. The zero-order chi connectivity index (χ0) is 19.0. The van der Waals surface area contributed by atoms with E-state index in [0.29, 0.717) is 29.6 Å². The lowest BCUT2D eigenvalue weighted by Crippen LogP contribution is -2.32. The Morgan fingerprint density at radius 1 is 1.07 bits per heavy atom. The molecule has 1 aromatic carbocycles. The fraction of sp³-hybridized carbons (Fsp3) is 0.652. The molecule has 3 unspecified atom stereocenters. The van der Waals surface area contributed by atoms with Crippen molar-refractivity contribution in [3.63, 3.8) is 0 Å². The highest BCUT2D eigenvalue weighted by Gasteiger charge is 2.35. The van der Waals surface area contributed by atoms with Crippen molar-refractivity contribution in [2.75, 3.05) is 6.61 Å². The molecule has 2 aliphatic carbocycles. The summed E-state index contributed by atoms with van der Waals surface area (Å²) in [6.07, 6.45) is 11.6. The number of hydrogen-bond donors (Lipinski definition) is 1. The fourth-order valence-corrected chi connectivity index (χ4v) is 5.16. The molecule has 4 rings (SSSR count). The molecule has 1 aliphatic heterocycles. The Hall–Kier alpha value is -1.26. The van der Waals surface area contributed by atoms with E-state index < -0.39 is 17.2 Å². The summed E-state index contributed by atoms with van der Waals surface area (Å²) in [5.74, 6) is -0.180. The van der Waals surface area contributed by atoms with Crippen LogP contribution in [0.15, 0.2) is 24.3 Å². The lowest BCUT2D eigenvalue weighted by molar-refractivity contribution is 0.0525. The number of benzene rings is 1. The van der Waals surface area contributed by atoms with Crippen LogP contribution in [0.4, 0.5) is 8.78 Å². The summed E-state index contributed by atoms with van der Waals surface area (Å²) in [7, 11) is 0. The summed E-state index contributed by atoms with van der Waals surface area (Å²) < 4.78 is 34.0. The number of aliphatic hydroxyl groups is 1. The predicted octanol–water partition coefficient (Wildman–Crippen LogP) is 5.81. The van der Waals surface area contributed by atoms with Gasteiger partial charge in [-0.15, -0.1) is 0 Å². The summed E-state index contributed by atoms with van der Waals surface area (Å²) >= 11 is 0. The van der Waals surface area contributed by atoms with Gasteiger partial charge >= 0.3 is 0 Å². The lowest BCUT2D eigenvalue weighted by Gasteiger charge is -2.37. The highest BCUT2D eigenvalue weighted by molar-refractivity contribution is 5.32. The quantitative estimate of drug-likeness (QED) is 0.520. The van der Waals surface area contributed by atoms with Gasteiger partial charge in [-0.05, 0) is 68.3 Å². The van der Waals surface area contributed by atoms with E-state index in [1.54, 1.807) is 12.1 Å². The second-order valence-corrected chi connectivity index (χ2v) is 8.72. The molecule has 2 nitrogen and oxygen atoms in total. The summed E-state index contributed by atoms with van der Waals surface area (Å²) in [5, 5.41) is 10.5. The first-order chi connectivity index (χ1) is 13.0. The Morgan fingerprint density at radius 3 is 2.33 bits per heavy atom. The number of hydrogen-bond acceptors (Lipinski definition) is 2. The molecule has 27 heavy (non-hydrogen) atoms. The largest absolute Gasteiger partial charge is 0.386 e. The number of rotatable bonds is 5. The molecule has 1 heterocycles. The molecule has 0 bridgehead atoms. The van der Waals surface area contributed by atoms with Crippen LogP contribution in [0.5, 0.6) is 0 Å². The molecule has 148 valence electrons. The van der Waals surface area contributed by atoms with E-state index in [4.69, 9.17) is 4.74 Å². The SMILES string of the molecule is CCCC1(O)C=CC(C2CCC(c3ccc(C4CO4)c(F)c3F)CC2)CC1. The van der Waals surface area contributed by atoms with E-state index >= 15 is 0 Å². The Kier molecular flexibility index (Phi) is 5.39. The van der Waals surface area contributed by atoms with Crippen molar-refractivity contribution in [2.24, 2.45) is 11.8 Å². The van der Waals surface area contributed by atoms with Crippen molar-refractivity contribution in [3.05, 3.63) is 47.0 Å². The van der Waals surface area contributed by atoms with Gasteiger partial charge in [-0.3, -0.25) is 0 Å². The van der Waals surface area contributed by atoms with Crippen LogP contribution in [0.1, 0.15) is 81.4 Å². The number of allylic oxidation sites excluding steroid dienone is 1. The Balaban J connectivity index is 1.38. The molecule has 0 spiro atoms. The maximum atomic E-state index is 14.6. The molecule has 0 aromatic heterocycles. The molecule has 2 fully saturated rings. The van der Waals surface area contributed by atoms with Crippen LogP contribution in [-0.2, 0) is 4.74 Å². The highest BCUT2D eigenvalue weighted by atomic mass is 19.2. The maximum Gasteiger partial charge on any atom is 0.165 e. The summed E-state index contributed by atoms with van der Waals surface area (Å²) in [6, 6.07) is 3.47. The van der Waals surface area contributed by atoms with Crippen LogP contribution < -0.4 is 0 Å². The molecule has 4 heteroatoms. The third-order valence-corrected chi connectivity index (χ3v) is 6.89. The fourth-order valence-electron chi connectivity index (χ4n) is 5.16. The zero-order valence-electron chi connectivity index (χ0n) is 16.1. The van der Waals surface area contributed by atoms with E-state index in [2.05, 4.69) is 13.0 Å². The van der Waals surface area contributed by atoms with Gasteiger partial charge in [0.25, 0.3) is 0 Å². The van der Waals surface area contributed by atoms with Gasteiger partial charge in [-0.2, -0.15) is 0 Å². The van der Waals surface area contributed by atoms with Crippen LogP contribution in [0.3, 0.4) is 0 Å². The minimum absolute atomic E-state index is 0.106. The van der Waals surface area contributed by atoms with Crippen LogP contribution >= 0.6 is 0 Å². The third kappa shape index (κ3) is 3.97. The molecular formula is C23H30F2O2. The van der Waals surface area contributed by atoms with Crippen LogP contribution in [0.2, 0.25) is 0 Å². The maximum absolute atomic E-state index is 14.6. The molecule has 1 saturated heterocycles. The van der Waals surface area contributed by atoms with Crippen molar-refractivity contribution in [3.8, 4) is 0 Å². The minimum Gasteiger partial charge on any atom is -0.386 e. The second kappa shape index (κ2) is 7.63. The van der Waals surface area contributed by atoms with Gasteiger partial charge in [0.1, 0.15) is 6.10 Å². The second-order valence-electron chi connectivity index (χ2n) is 8.72. The van der Waals surface area contributed by atoms with Crippen LogP contribution in [-0.4, -0.2) is 17.3 Å². The smallest absolute Gasteiger partial charge is 0.165 e. The van der Waals surface area contributed by atoms with Crippen molar-refractivity contribution in [1.82, 2.24) is 0 Å². The van der Waals surface area contributed by atoms with Gasteiger partial charge in [0, 0.05) is 5.56 Å². The molecule has 1 N–H and O–H groups in total. The first-order valence-electron chi connectivity index (χ1n) is 10.5. The van der Waals surface area contributed by atoms with Crippen molar-refractivity contribution < 1.29 is 18.6 Å². The van der Waals surface area contributed by atoms with Crippen molar-refractivity contribution in [1.29, 1.82) is 0 Å². The standard InChI is InChI=1S/C23H30F2O2/c1-2-11-23(26)12-9-16(10-13-23)15-3-5-17(6-4-15)18-7-8-19(20-14-27-20)22(25)21(18)24/h7-9,12,15-17,20,26H,2-6,10-11,13-14H2,1H3. The molecule has 1 aromatic rings. The molecular weight excluding hydrogens is 346 g/mol. The molecule has 3 atom stereocenters. The zero-order valence-corrected chi connectivity index (χ0v) is 16.1. The van der Waals surface area contributed by atoms with Gasteiger partial charge in [0.2, 0.25) is 0 Å². The van der Waals surface area contributed by atoms with Gasteiger partial charge in [-0.1, -0.05) is 37.6 Å². The van der Waals surface area contributed by atoms with Gasteiger partial charge in [0.05, 0.1) is 12.2 Å². The monoisotopic (exact) mass is 376 g/mol. The first kappa shape index (κ1) is 19.1. The third-order valence-electron chi connectivity index (χ3n) is 6.89. The van der Waals surface area contributed by atoms with Crippen molar-refractivity contribution >= 4 is 0 Å². The van der Waals surface area contributed by atoms with Crippen molar-refractivity contribution in [2.45, 2.75) is 75.9 Å². The van der Waals surface area contributed by atoms with E-state index in [0.717, 1.165) is 51.4 Å². The summed E-state index contributed by atoms with van der Waals surface area (Å²) in [5.41, 5.74) is 0.277. The Bertz CT molecular complexity index is 705. The molecule has 3 aliphatic rings. The first-order valence-corrected chi connectivity index (χ1v) is 10.5. The van der Waals surface area contributed by atoms with E-state index in [-0.39, 0.29) is 12.0 Å². The summed E-state index contributed by atoms with van der Waals surface area (Å²) in [4.78, 5) is 0. The number of halogens is 2. The van der Waals surface area contributed by atoms with Gasteiger partial charge < -0.3 is 9.84 Å². The van der Waals surface area contributed by atoms with Gasteiger partial charge in [0.15, 0.2) is 11.6 Å². The molecule has 0 amide bonds. The Labute approximate surface area is 160 Å². The average molecular weight is 376 g/mol. The number of epoxide rings is 1. The van der Waals surface area contributed by atoms with E-state index in [1.165, 1.54) is 0 Å². The lowest BCUT2D eigenvalue weighted by atomic mass is 9.69. The van der Waals surface area contributed by atoms with E-state index in [9.17, 15) is 13.9 Å². The predicted molar refractivity (Wildman–Crippen MR) is 101 cm³/mol. The average Bonchev–Trinajstić information content (AvgIpc) is 3.50. The topological polar surface area (TPSA) is 32.8 Å². The van der Waals surface area contributed by atoms with Gasteiger partial charge in [-0.25, -0.2) is 8.78 Å². The number of ether oxygens (including phenoxy) is 1.